The van der Waals surface area contributed by atoms with Crippen LogP contribution in [0.4, 0.5) is 4.39 Å². The maximum absolute atomic E-state index is 13.1. The Morgan fingerprint density at radius 3 is 2.78 bits per heavy atom. The fraction of sp³-hybridized carbons (Fsp3) is 0.538. The summed E-state index contributed by atoms with van der Waals surface area (Å²) < 4.78 is 18.8. The van der Waals surface area contributed by atoms with Crippen LogP contribution >= 0.6 is 15.9 Å². The summed E-state index contributed by atoms with van der Waals surface area (Å²) in [6.45, 7) is 4.02. The summed E-state index contributed by atoms with van der Waals surface area (Å²) in [7, 11) is 0. The first-order chi connectivity index (χ1) is 8.56. The highest BCUT2D eigenvalue weighted by atomic mass is 79.9. The van der Waals surface area contributed by atoms with Crippen LogP contribution in [0.25, 0.3) is 0 Å². The second kappa shape index (κ2) is 5.65. The molecule has 0 bridgehead atoms. The Hall–Kier alpha value is -0.490. The molecule has 5 heteroatoms. The topological polar surface area (TPSA) is 41.5 Å². The van der Waals surface area contributed by atoms with E-state index in [9.17, 15) is 9.50 Å². The van der Waals surface area contributed by atoms with E-state index in [-0.39, 0.29) is 23.9 Å². The van der Waals surface area contributed by atoms with Crippen LogP contribution in [0.2, 0.25) is 0 Å². The van der Waals surface area contributed by atoms with Gasteiger partial charge in [0.2, 0.25) is 0 Å². The van der Waals surface area contributed by atoms with Crippen LogP contribution in [0.5, 0.6) is 0 Å². The molecule has 1 heterocycles. The molecule has 0 saturated carbocycles. The lowest BCUT2D eigenvalue weighted by Gasteiger charge is -2.40. The first-order valence-electron chi connectivity index (χ1n) is 5.93. The lowest BCUT2D eigenvalue weighted by Crippen LogP contribution is -2.52. The van der Waals surface area contributed by atoms with Gasteiger partial charge in [0.1, 0.15) is 5.82 Å². The van der Waals surface area contributed by atoms with Gasteiger partial charge in [0, 0.05) is 12.6 Å². The summed E-state index contributed by atoms with van der Waals surface area (Å²) in [6, 6.07) is 5.09. The number of benzene rings is 1. The SMILES string of the molecule is CC(NCC1(CO)COC1)c1ccc(F)c(Br)c1. The Labute approximate surface area is 114 Å². The first-order valence-corrected chi connectivity index (χ1v) is 6.73. The second-order valence-electron chi connectivity index (χ2n) is 4.93. The average molecular weight is 318 g/mol. The molecule has 18 heavy (non-hydrogen) atoms. The highest BCUT2D eigenvalue weighted by Crippen LogP contribution is 2.27. The van der Waals surface area contributed by atoms with Gasteiger partial charge in [-0.05, 0) is 40.5 Å². The lowest BCUT2D eigenvalue weighted by atomic mass is 9.86. The van der Waals surface area contributed by atoms with E-state index in [2.05, 4.69) is 21.2 Å². The van der Waals surface area contributed by atoms with Crippen molar-refractivity contribution in [3.05, 3.63) is 34.1 Å². The second-order valence-corrected chi connectivity index (χ2v) is 5.78. The van der Waals surface area contributed by atoms with E-state index in [0.717, 1.165) is 5.56 Å². The van der Waals surface area contributed by atoms with E-state index in [0.29, 0.717) is 24.2 Å². The summed E-state index contributed by atoms with van der Waals surface area (Å²) in [5, 5.41) is 12.7. The van der Waals surface area contributed by atoms with Gasteiger partial charge in [0.15, 0.2) is 0 Å². The van der Waals surface area contributed by atoms with Crippen molar-refractivity contribution >= 4 is 15.9 Å². The molecule has 0 amide bonds. The van der Waals surface area contributed by atoms with Gasteiger partial charge >= 0.3 is 0 Å². The zero-order valence-electron chi connectivity index (χ0n) is 10.2. The Bertz CT molecular complexity index is 418. The van der Waals surface area contributed by atoms with Crippen LogP contribution in [-0.2, 0) is 4.74 Å². The van der Waals surface area contributed by atoms with Crippen LogP contribution in [0, 0.1) is 11.2 Å². The van der Waals surface area contributed by atoms with Gasteiger partial charge in [-0.2, -0.15) is 0 Å². The molecule has 0 aliphatic carbocycles. The minimum atomic E-state index is -0.259. The first kappa shape index (κ1) is 13.9. The summed E-state index contributed by atoms with van der Waals surface area (Å²) in [5.41, 5.74) is 0.863. The Morgan fingerprint density at radius 2 is 2.28 bits per heavy atom. The van der Waals surface area contributed by atoms with Crippen molar-refractivity contribution in [3.63, 3.8) is 0 Å². The molecule has 0 spiro atoms. The molecular formula is C13H17BrFNO2. The number of aliphatic hydroxyl groups is 1. The van der Waals surface area contributed by atoms with Crippen LogP contribution in [0.15, 0.2) is 22.7 Å². The number of nitrogens with one attached hydrogen (secondary N) is 1. The number of aliphatic hydroxyl groups excluding tert-OH is 1. The summed E-state index contributed by atoms with van der Waals surface area (Å²) >= 11 is 3.18. The largest absolute Gasteiger partial charge is 0.396 e. The van der Waals surface area contributed by atoms with E-state index in [1.807, 2.05) is 6.92 Å². The molecule has 1 atom stereocenters. The van der Waals surface area contributed by atoms with Gasteiger partial charge in [0.25, 0.3) is 0 Å². The van der Waals surface area contributed by atoms with E-state index >= 15 is 0 Å². The zero-order valence-corrected chi connectivity index (χ0v) is 11.8. The van der Waals surface area contributed by atoms with E-state index in [4.69, 9.17) is 4.74 Å². The molecule has 1 unspecified atom stereocenters. The van der Waals surface area contributed by atoms with E-state index in [1.54, 1.807) is 12.1 Å². The Balaban J connectivity index is 1.94. The molecule has 0 radical (unpaired) electrons. The predicted molar refractivity (Wildman–Crippen MR) is 70.9 cm³/mol. The van der Waals surface area contributed by atoms with Crippen molar-refractivity contribution in [1.29, 1.82) is 0 Å². The van der Waals surface area contributed by atoms with Gasteiger partial charge in [0.05, 0.1) is 29.7 Å². The molecule has 2 N–H and O–H groups in total. The molecule has 3 nitrogen and oxygen atoms in total. The third kappa shape index (κ3) is 2.91. The van der Waals surface area contributed by atoms with Crippen LogP contribution in [0.3, 0.4) is 0 Å². The van der Waals surface area contributed by atoms with Crippen LogP contribution in [0.1, 0.15) is 18.5 Å². The van der Waals surface area contributed by atoms with Gasteiger partial charge < -0.3 is 15.2 Å². The van der Waals surface area contributed by atoms with Gasteiger partial charge in [-0.3, -0.25) is 0 Å². The van der Waals surface area contributed by atoms with Gasteiger partial charge in [-0.1, -0.05) is 6.07 Å². The molecule has 2 rings (SSSR count). The predicted octanol–water partition coefficient (Wildman–Crippen LogP) is 2.25. The smallest absolute Gasteiger partial charge is 0.137 e. The quantitative estimate of drug-likeness (QED) is 0.875. The number of hydrogen-bond donors (Lipinski definition) is 2. The van der Waals surface area contributed by atoms with Crippen molar-refractivity contribution in [3.8, 4) is 0 Å². The van der Waals surface area contributed by atoms with Crippen LogP contribution in [-0.4, -0.2) is 31.5 Å². The summed E-state index contributed by atoms with van der Waals surface area (Å²) in [5.74, 6) is -0.259. The molecule has 1 saturated heterocycles. The van der Waals surface area contributed by atoms with Crippen molar-refractivity contribution in [2.24, 2.45) is 5.41 Å². The fourth-order valence-corrected chi connectivity index (χ4v) is 2.31. The van der Waals surface area contributed by atoms with Crippen molar-refractivity contribution in [2.45, 2.75) is 13.0 Å². The van der Waals surface area contributed by atoms with Gasteiger partial charge in [-0.25, -0.2) is 4.39 Å². The van der Waals surface area contributed by atoms with Crippen molar-refractivity contribution in [1.82, 2.24) is 5.32 Å². The van der Waals surface area contributed by atoms with Crippen molar-refractivity contribution < 1.29 is 14.2 Å². The molecule has 1 aromatic carbocycles. The minimum absolute atomic E-state index is 0.103. The fourth-order valence-electron chi connectivity index (χ4n) is 1.91. The third-order valence-electron chi connectivity index (χ3n) is 3.38. The van der Waals surface area contributed by atoms with Crippen LogP contribution < -0.4 is 5.32 Å². The lowest BCUT2D eigenvalue weighted by molar-refractivity contribution is -0.135. The Morgan fingerprint density at radius 1 is 1.56 bits per heavy atom. The number of rotatable bonds is 5. The maximum Gasteiger partial charge on any atom is 0.137 e. The molecule has 100 valence electrons. The van der Waals surface area contributed by atoms with Crippen molar-refractivity contribution in [2.75, 3.05) is 26.4 Å². The molecule has 1 fully saturated rings. The molecular weight excluding hydrogens is 301 g/mol. The zero-order chi connectivity index (χ0) is 13.2. The van der Waals surface area contributed by atoms with E-state index in [1.165, 1.54) is 6.07 Å². The highest BCUT2D eigenvalue weighted by Gasteiger charge is 2.37. The standard InChI is InChI=1S/C13H17BrFNO2/c1-9(10-2-3-12(15)11(14)4-10)16-5-13(6-17)7-18-8-13/h2-4,9,16-17H,5-8H2,1H3. The third-order valence-corrected chi connectivity index (χ3v) is 3.99. The number of halogens is 2. The molecule has 0 aromatic heterocycles. The summed E-state index contributed by atoms with van der Waals surface area (Å²) in [4.78, 5) is 0. The summed E-state index contributed by atoms with van der Waals surface area (Å²) in [6.07, 6.45) is 0. The minimum Gasteiger partial charge on any atom is -0.396 e. The Kier molecular flexibility index (Phi) is 4.37. The highest BCUT2D eigenvalue weighted by molar-refractivity contribution is 9.10. The number of hydrogen-bond acceptors (Lipinski definition) is 3. The molecule has 1 aromatic rings. The normalized spacial score (nSPS) is 19.3. The maximum atomic E-state index is 13.1. The average Bonchev–Trinajstić information content (AvgIpc) is 2.31. The number of ether oxygens (including phenoxy) is 1. The van der Waals surface area contributed by atoms with Gasteiger partial charge in [-0.15, -0.1) is 0 Å². The molecule has 1 aliphatic rings. The molecule has 1 aliphatic heterocycles. The van der Waals surface area contributed by atoms with E-state index < -0.39 is 0 Å². The monoisotopic (exact) mass is 317 g/mol.